The molecule has 2 saturated heterocycles. The Morgan fingerprint density at radius 2 is 2.17 bits per heavy atom. The number of likely N-dealkylation sites (N-methyl/N-ethyl adjacent to an activating group) is 1. The van der Waals surface area contributed by atoms with E-state index in [1.165, 1.54) is 5.56 Å². The second-order valence-corrected chi connectivity index (χ2v) is 7.73. The number of thioether (sulfide) groups is 1. The number of nitrogens with one attached hydrogen (secondary N) is 1. The minimum absolute atomic E-state index is 0.0163. The summed E-state index contributed by atoms with van der Waals surface area (Å²) in [6.07, 6.45) is 2.13. The van der Waals surface area contributed by atoms with Gasteiger partial charge >= 0.3 is 0 Å². The number of likely N-dealkylation sites (tertiary alicyclic amines) is 1. The third-order valence-corrected chi connectivity index (χ3v) is 6.06. The zero-order valence-corrected chi connectivity index (χ0v) is 14.9. The first-order valence-corrected chi connectivity index (χ1v) is 9.66. The zero-order chi connectivity index (χ0) is 16.2. The first-order valence-electron chi connectivity index (χ1n) is 8.51. The van der Waals surface area contributed by atoms with Crippen LogP contribution in [0.3, 0.4) is 0 Å². The Morgan fingerprint density at radius 3 is 2.83 bits per heavy atom. The molecule has 1 amide bonds. The van der Waals surface area contributed by atoms with Crippen LogP contribution in [0.1, 0.15) is 25.3 Å². The van der Waals surface area contributed by atoms with Crippen LogP contribution in [0.25, 0.3) is 0 Å². The van der Waals surface area contributed by atoms with Crippen LogP contribution in [0, 0.1) is 0 Å². The molecule has 1 aromatic rings. The van der Waals surface area contributed by atoms with Gasteiger partial charge in [0, 0.05) is 43.9 Å². The maximum absolute atomic E-state index is 12.6. The van der Waals surface area contributed by atoms with Crippen molar-refractivity contribution in [1.82, 2.24) is 15.1 Å². The molecule has 126 valence electrons. The van der Waals surface area contributed by atoms with Crippen molar-refractivity contribution in [2.24, 2.45) is 0 Å². The Kier molecular flexibility index (Phi) is 5.62. The van der Waals surface area contributed by atoms with Crippen LogP contribution in [0.2, 0.25) is 0 Å². The highest BCUT2D eigenvalue weighted by Crippen LogP contribution is 2.24. The third kappa shape index (κ3) is 4.08. The van der Waals surface area contributed by atoms with Gasteiger partial charge in [-0.1, -0.05) is 30.3 Å². The molecule has 3 rings (SSSR count). The second-order valence-electron chi connectivity index (χ2n) is 6.70. The first kappa shape index (κ1) is 16.8. The van der Waals surface area contributed by atoms with E-state index in [1.54, 1.807) is 0 Å². The fourth-order valence-corrected chi connectivity index (χ4v) is 4.51. The van der Waals surface area contributed by atoms with Gasteiger partial charge < -0.3 is 4.90 Å². The molecule has 0 aromatic heterocycles. The lowest BCUT2D eigenvalue weighted by molar-refractivity contribution is -0.134. The number of hydrogen-bond donors (Lipinski definition) is 1. The predicted octanol–water partition coefficient (Wildman–Crippen LogP) is 2.16. The number of nitrogens with zero attached hydrogens (tertiary/aromatic N) is 2. The number of piperidine rings is 1. The van der Waals surface area contributed by atoms with E-state index in [4.69, 9.17) is 0 Å². The van der Waals surface area contributed by atoms with Crippen molar-refractivity contribution in [2.75, 3.05) is 25.2 Å². The van der Waals surface area contributed by atoms with Gasteiger partial charge in [0.1, 0.15) is 0 Å². The normalized spacial score (nSPS) is 28.7. The van der Waals surface area contributed by atoms with Gasteiger partial charge in [-0.15, -0.1) is 11.8 Å². The summed E-state index contributed by atoms with van der Waals surface area (Å²) in [6.45, 7) is 4.36. The fourth-order valence-electron chi connectivity index (χ4n) is 3.58. The van der Waals surface area contributed by atoms with E-state index < -0.39 is 0 Å². The van der Waals surface area contributed by atoms with Crippen molar-refractivity contribution in [3.05, 3.63) is 35.9 Å². The summed E-state index contributed by atoms with van der Waals surface area (Å²) in [7, 11) is 1.98. The lowest BCUT2D eigenvalue weighted by Gasteiger charge is -2.41. The SMILES string of the molecule is C[C@@H]1C[C@H](N(C)C(=O)[C@@H]2CSCN2)CCN1Cc1ccccc1. The standard InChI is InChI=1S/C18H27N3OS/c1-14-10-16(20(2)18(22)17-12-23-13-19-17)8-9-21(14)11-15-6-4-3-5-7-15/h3-7,14,16-17,19H,8-13H2,1-2H3/t14-,16-,17+/m1/s1. The van der Waals surface area contributed by atoms with Crippen LogP contribution in [-0.4, -0.2) is 59.1 Å². The Morgan fingerprint density at radius 1 is 1.39 bits per heavy atom. The van der Waals surface area contributed by atoms with Gasteiger partial charge in [0.15, 0.2) is 0 Å². The smallest absolute Gasteiger partial charge is 0.240 e. The van der Waals surface area contributed by atoms with Crippen LogP contribution in [0.4, 0.5) is 0 Å². The molecule has 5 heteroatoms. The molecule has 2 aliphatic heterocycles. The monoisotopic (exact) mass is 333 g/mol. The molecule has 2 heterocycles. The van der Waals surface area contributed by atoms with Gasteiger partial charge in [0.05, 0.1) is 6.04 Å². The van der Waals surface area contributed by atoms with Crippen molar-refractivity contribution < 1.29 is 4.79 Å². The van der Waals surface area contributed by atoms with Crippen LogP contribution < -0.4 is 5.32 Å². The van der Waals surface area contributed by atoms with Gasteiger partial charge in [0.2, 0.25) is 5.91 Å². The molecule has 0 unspecified atom stereocenters. The summed E-state index contributed by atoms with van der Waals surface area (Å²) >= 11 is 1.81. The van der Waals surface area contributed by atoms with E-state index in [0.717, 1.165) is 37.6 Å². The first-order chi connectivity index (χ1) is 11.1. The summed E-state index contributed by atoms with van der Waals surface area (Å²) in [5.41, 5.74) is 1.37. The van der Waals surface area contributed by atoms with Gasteiger partial charge in [-0.2, -0.15) is 0 Å². The third-order valence-electron chi connectivity index (χ3n) is 5.12. The summed E-state index contributed by atoms with van der Waals surface area (Å²) < 4.78 is 0. The van der Waals surface area contributed by atoms with E-state index >= 15 is 0 Å². The van der Waals surface area contributed by atoms with Gasteiger partial charge in [-0.05, 0) is 25.3 Å². The quantitative estimate of drug-likeness (QED) is 0.916. The van der Waals surface area contributed by atoms with Crippen LogP contribution >= 0.6 is 11.8 Å². The van der Waals surface area contributed by atoms with Crippen LogP contribution in [0.15, 0.2) is 30.3 Å². The molecule has 3 atom stereocenters. The molecule has 0 bridgehead atoms. The van der Waals surface area contributed by atoms with E-state index in [2.05, 4.69) is 47.5 Å². The summed E-state index contributed by atoms with van der Waals surface area (Å²) in [5.74, 6) is 2.07. The Hall–Kier alpha value is -1.04. The highest BCUT2D eigenvalue weighted by molar-refractivity contribution is 7.99. The molecule has 0 spiro atoms. The number of hydrogen-bond acceptors (Lipinski definition) is 4. The predicted molar refractivity (Wildman–Crippen MR) is 96.4 cm³/mol. The molecule has 0 aliphatic carbocycles. The Balaban J connectivity index is 1.54. The Bertz CT molecular complexity index is 518. The van der Waals surface area contributed by atoms with Crippen molar-refractivity contribution in [2.45, 2.75) is 44.4 Å². The number of rotatable bonds is 4. The summed E-state index contributed by atoms with van der Waals surface area (Å²) in [4.78, 5) is 17.1. The summed E-state index contributed by atoms with van der Waals surface area (Å²) in [5, 5.41) is 3.29. The summed E-state index contributed by atoms with van der Waals surface area (Å²) in [6, 6.07) is 11.6. The maximum Gasteiger partial charge on any atom is 0.240 e. The maximum atomic E-state index is 12.6. The highest BCUT2D eigenvalue weighted by Gasteiger charge is 2.33. The zero-order valence-electron chi connectivity index (χ0n) is 14.1. The molecule has 2 fully saturated rings. The van der Waals surface area contributed by atoms with Crippen molar-refractivity contribution >= 4 is 17.7 Å². The largest absolute Gasteiger partial charge is 0.341 e. The van der Waals surface area contributed by atoms with Crippen LogP contribution in [0.5, 0.6) is 0 Å². The topological polar surface area (TPSA) is 35.6 Å². The van der Waals surface area contributed by atoms with Gasteiger partial charge in [-0.25, -0.2) is 0 Å². The molecule has 4 nitrogen and oxygen atoms in total. The Labute approximate surface area is 143 Å². The van der Waals surface area contributed by atoms with Crippen LogP contribution in [-0.2, 0) is 11.3 Å². The fraction of sp³-hybridized carbons (Fsp3) is 0.611. The number of amides is 1. The van der Waals surface area contributed by atoms with E-state index in [-0.39, 0.29) is 11.9 Å². The highest BCUT2D eigenvalue weighted by atomic mass is 32.2. The minimum Gasteiger partial charge on any atom is -0.341 e. The van der Waals surface area contributed by atoms with Gasteiger partial charge in [0.25, 0.3) is 0 Å². The molecule has 0 saturated carbocycles. The number of benzene rings is 1. The molecule has 23 heavy (non-hydrogen) atoms. The molecular formula is C18H27N3OS. The molecule has 2 aliphatic rings. The van der Waals surface area contributed by atoms with Crippen molar-refractivity contribution in [1.29, 1.82) is 0 Å². The minimum atomic E-state index is 0.0163. The second kappa shape index (κ2) is 7.69. The molecule has 1 aromatic carbocycles. The van der Waals surface area contributed by atoms with Crippen molar-refractivity contribution in [3.8, 4) is 0 Å². The lowest BCUT2D eigenvalue weighted by atomic mass is 9.96. The number of carbonyl (C=O) groups excluding carboxylic acids is 1. The average Bonchev–Trinajstić information content (AvgIpc) is 3.11. The molecule has 0 radical (unpaired) electrons. The van der Waals surface area contributed by atoms with E-state index in [9.17, 15) is 4.79 Å². The van der Waals surface area contributed by atoms with Crippen molar-refractivity contribution in [3.63, 3.8) is 0 Å². The number of carbonyl (C=O) groups is 1. The molecular weight excluding hydrogens is 306 g/mol. The van der Waals surface area contributed by atoms with Gasteiger partial charge in [-0.3, -0.25) is 15.0 Å². The molecule has 1 N–H and O–H groups in total. The van der Waals surface area contributed by atoms with E-state index in [1.807, 2.05) is 23.7 Å². The lowest BCUT2D eigenvalue weighted by Crippen LogP contribution is -2.52. The average molecular weight is 334 g/mol. The van der Waals surface area contributed by atoms with E-state index in [0.29, 0.717) is 12.1 Å².